The molecule has 0 saturated heterocycles. The molecule has 3 aromatic rings. The Bertz CT molecular complexity index is 1180. The molecule has 7 heteroatoms. The third-order valence-electron chi connectivity index (χ3n) is 4.13. The van der Waals surface area contributed by atoms with Gasteiger partial charge < -0.3 is 10.4 Å². The van der Waals surface area contributed by atoms with Crippen LogP contribution in [0.15, 0.2) is 45.9 Å². The van der Waals surface area contributed by atoms with Crippen molar-refractivity contribution in [2.45, 2.75) is 13.8 Å². The standard InChI is InChI=1S/C19H14BrN3O2S/c1-9-3-4-10(2)14(7-9)22-19-23-18(25)16(26-19)15-12-8-11(20)5-6-13(12)21-17(15)24/h3-8,25H,1-2H3,(H,22,23). The van der Waals surface area contributed by atoms with Gasteiger partial charge in [0.05, 0.1) is 10.9 Å². The number of nitrogens with zero attached hydrogens (tertiary/aromatic N) is 2. The summed E-state index contributed by atoms with van der Waals surface area (Å²) in [6, 6.07) is 11.5. The molecule has 0 fully saturated rings. The zero-order valence-corrected chi connectivity index (χ0v) is 16.4. The van der Waals surface area contributed by atoms with Crippen LogP contribution in [-0.4, -0.2) is 16.0 Å². The molecule has 0 bridgehead atoms. The summed E-state index contributed by atoms with van der Waals surface area (Å²) in [5, 5.41) is 15.4. The number of hydrogen-bond acceptors (Lipinski definition) is 5. The average molecular weight is 428 g/mol. The van der Waals surface area contributed by atoms with Crippen LogP contribution in [0.3, 0.4) is 0 Å². The maximum atomic E-state index is 12.4. The number of anilines is 2. The number of nitrogens with one attached hydrogen (secondary N) is 1. The first-order valence-corrected chi connectivity index (χ1v) is 9.50. The lowest BCUT2D eigenvalue weighted by Gasteiger charge is -2.07. The van der Waals surface area contributed by atoms with E-state index in [9.17, 15) is 9.90 Å². The Kier molecular flexibility index (Phi) is 4.13. The van der Waals surface area contributed by atoms with E-state index in [0.717, 1.165) is 21.3 Å². The minimum Gasteiger partial charge on any atom is -0.492 e. The highest BCUT2D eigenvalue weighted by Gasteiger charge is 2.25. The molecule has 5 nitrogen and oxygen atoms in total. The van der Waals surface area contributed by atoms with Gasteiger partial charge in [0.2, 0.25) is 5.88 Å². The first kappa shape index (κ1) is 16.9. The molecule has 2 heterocycles. The Morgan fingerprint density at radius 1 is 1.15 bits per heavy atom. The van der Waals surface area contributed by atoms with Crippen molar-refractivity contribution in [2.75, 3.05) is 5.32 Å². The van der Waals surface area contributed by atoms with Crippen molar-refractivity contribution in [1.29, 1.82) is 0 Å². The molecule has 0 unspecified atom stereocenters. The van der Waals surface area contributed by atoms with Crippen LogP contribution in [0.4, 0.5) is 10.8 Å². The number of aromatic hydroxyl groups is 1. The number of thiazole rings is 1. The van der Waals surface area contributed by atoms with E-state index in [2.05, 4.69) is 31.2 Å². The fourth-order valence-corrected chi connectivity index (χ4v) is 4.10. The number of amides is 1. The maximum Gasteiger partial charge on any atom is 0.279 e. The normalized spacial score (nSPS) is 12.9. The molecule has 1 aliphatic rings. The van der Waals surface area contributed by atoms with Gasteiger partial charge in [0.15, 0.2) is 5.13 Å². The molecule has 0 aliphatic carbocycles. The lowest BCUT2D eigenvalue weighted by atomic mass is 10.1. The number of benzene rings is 2. The summed E-state index contributed by atoms with van der Waals surface area (Å²) in [6.07, 6.45) is 0. The smallest absolute Gasteiger partial charge is 0.279 e. The molecule has 130 valence electrons. The fraction of sp³-hybridized carbons (Fsp3) is 0.105. The number of carbonyl (C=O) groups is 1. The highest BCUT2D eigenvalue weighted by Crippen LogP contribution is 2.36. The van der Waals surface area contributed by atoms with Gasteiger partial charge >= 0.3 is 0 Å². The van der Waals surface area contributed by atoms with Gasteiger partial charge in [0.1, 0.15) is 4.88 Å². The van der Waals surface area contributed by atoms with Gasteiger partial charge in [-0.2, -0.15) is 4.98 Å². The maximum absolute atomic E-state index is 12.4. The number of aromatic nitrogens is 1. The van der Waals surface area contributed by atoms with E-state index in [4.69, 9.17) is 0 Å². The molecular formula is C19H14BrN3O2S. The molecule has 0 radical (unpaired) electrons. The van der Waals surface area contributed by atoms with Gasteiger partial charge in [-0.1, -0.05) is 39.4 Å². The SMILES string of the molecule is Cc1ccc(C)c(Nc2nc(O)c(C3=c4cc(Br)ccc4=NC3=O)s2)c1. The average Bonchev–Trinajstić information content (AvgIpc) is 3.09. The Morgan fingerprint density at radius 2 is 1.96 bits per heavy atom. The zero-order valence-electron chi connectivity index (χ0n) is 14.0. The predicted molar refractivity (Wildman–Crippen MR) is 105 cm³/mol. The molecular weight excluding hydrogens is 414 g/mol. The second-order valence-corrected chi connectivity index (χ2v) is 7.98. The van der Waals surface area contributed by atoms with Crippen molar-refractivity contribution in [3.05, 3.63) is 67.5 Å². The van der Waals surface area contributed by atoms with E-state index in [0.29, 0.717) is 26.2 Å². The largest absolute Gasteiger partial charge is 0.492 e. The minimum absolute atomic E-state index is 0.172. The third-order valence-corrected chi connectivity index (χ3v) is 5.61. The van der Waals surface area contributed by atoms with E-state index in [1.54, 1.807) is 6.07 Å². The van der Waals surface area contributed by atoms with Crippen molar-refractivity contribution in [3.8, 4) is 5.88 Å². The molecule has 0 saturated carbocycles. The van der Waals surface area contributed by atoms with Gasteiger partial charge in [-0.05, 0) is 49.2 Å². The van der Waals surface area contributed by atoms with E-state index < -0.39 is 0 Å². The lowest BCUT2D eigenvalue weighted by Crippen LogP contribution is -2.22. The quantitative estimate of drug-likeness (QED) is 0.671. The fourth-order valence-electron chi connectivity index (χ4n) is 2.82. The van der Waals surface area contributed by atoms with Crippen LogP contribution in [0, 0.1) is 13.8 Å². The van der Waals surface area contributed by atoms with Crippen LogP contribution < -0.4 is 15.9 Å². The van der Waals surface area contributed by atoms with Crippen LogP contribution in [0.5, 0.6) is 5.88 Å². The number of aryl methyl sites for hydroxylation is 2. The molecule has 1 aromatic heterocycles. The molecule has 1 aliphatic heterocycles. The summed E-state index contributed by atoms with van der Waals surface area (Å²) in [4.78, 5) is 21.1. The Labute approximate surface area is 161 Å². The number of fused-ring (bicyclic) bond motifs is 1. The van der Waals surface area contributed by atoms with E-state index >= 15 is 0 Å². The number of halogens is 1. The summed E-state index contributed by atoms with van der Waals surface area (Å²) in [5.41, 5.74) is 3.49. The highest BCUT2D eigenvalue weighted by atomic mass is 79.9. The van der Waals surface area contributed by atoms with Crippen LogP contribution in [0.2, 0.25) is 0 Å². The van der Waals surface area contributed by atoms with Gasteiger partial charge in [0.25, 0.3) is 5.91 Å². The zero-order chi connectivity index (χ0) is 18.4. The minimum atomic E-state index is -0.365. The Hall–Kier alpha value is -2.51. The van der Waals surface area contributed by atoms with E-state index in [1.807, 2.05) is 44.2 Å². The van der Waals surface area contributed by atoms with E-state index in [-0.39, 0.29) is 11.8 Å². The van der Waals surface area contributed by atoms with Gasteiger partial charge in [0, 0.05) is 15.4 Å². The lowest BCUT2D eigenvalue weighted by molar-refractivity contribution is -0.112. The topological polar surface area (TPSA) is 74.6 Å². The summed E-state index contributed by atoms with van der Waals surface area (Å²) >= 11 is 4.65. The number of carbonyl (C=O) groups excluding carboxylic acids is 1. The molecule has 0 spiro atoms. The second kappa shape index (κ2) is 6.34. The summed E-state index contributed by atoms with van der Waals surface area (Å²) in [6.45, 7) is 4.01. The second-order valence-electron chi connectivity index (χ2n) is 6.07. The molecule has 0 atom stereocenters. The van der Waals surface area contributed by atoms with E-state index in [1.165, 1.54) is 11.3 Å². The van der Waals surface area contributed by atoms with Gasteiger partial charge in [-0.3, -0.25) is 4.79 Å². The highest BCUT2D eigenvalue weighted by molar-refractivity contribution is 9.10. The number of hydrogen-bond donors (Lipinski definition) is 2. The third kappa shape index (κ3) is 2.93. The Balaban J connectivity index is 1.81. The summed E-state index contributed by atoms with van der Waals surface area (Å²) < 4.78 is 0.844. The Morgan fingerprint density at radius 3 is 2.77 bits per heavy atom. The molecule has 2 N–H and O–H groups in total. The van der Waals surface area contributed by atoms with Crippen molar-refractivity contribution in [2.24, 2.45) is 4.99 Å². The van der Waals surface area contributed by atoms with Gasteiger partial charge in [-0.15, -0.1) is 0 Å². The van der Waals surface area contributed by atoms with Crippen LogP contribution in [0.1, 0.15) is 16.0 Å². The van der Waals surface area contributed by atoms with Crippen LogP contribution in [-0.2, 0) is 4.79 Å². The van der Waals surface area contributed by atoms with Crippen molar-refractivity contribution >= 4 is 49.6 Å². The summed E-state index contributed by atoms with van der Waals surface area (Å²) in [5.74, 6) is -0.537. The summed E-state index contributed by atoms with van der Waals surface area (Å²) in [7, 11) is 0. The predicted octanol–water partition coefficient (Wildman–Crippen LogP) is 3.33. The molecule has 1 amide bonds. The van der Waals surface area contributed by atoms with Crippen LogP contribution >= 0.6 is 27.3 Å². The molecule has 2 aromatic carbocycles. The first-order valence-electron chi connectivity index (χ1n) is 7.90. The molecule has 26 heavy (non-hydrogen) atoms. The van der Waals surface area contributed by atoms with Crippen LogP contribution in [0.25, 0.3) is 5.57 Å². The van der Waals surface area contributed by atoms with Gasteiger partial charge in [-0.25, -0.2) is 4.99 Å². The first-order chi connectivity index (χ1) is 12.4. The van der Waals surface area contributed by atoms with Crippen molar-refractivity contribution < 1.29 is 9.90 Å². The van der Waals surface area contributed by atoms with Crippen molar-refractivity contribution in [3.63, 3.8) is 0 Å². The molecule has 4 rings (SSSR count). The monoisotopic (exact) mass is 427 g/mol. The number of rotatable bonds is 3. The van der Waals surface area contributed by atoms with Crippen molar-refractivity contribution in [1.82, 2.24) is 4.98 Å².